The van der Waals surface area contributed by atoms with E-state index in [2.05, 4.69) is 20.3 Å². The number of aromatic amines is 1. The molecule has 0 aliphatic heterocycles. The Morgan fingerprint density at radius 1 is 1.19 bits per heavy atom. The van der Waals surface area contributed by atoms with Crippen molar-refractivity contribution in [2.45, 2.75) is 6.61 Å². The first-order chi connectivity index (χ1) is 12.5. The molecule has 0 aliphatic rings. The maximum atomic E-state index is 12.3. The minimum atomic E-state index is -0.454. The molecule has 0 radical (unpaired) electrons. The molecule has 26 heavy (non-hydrogen) atoms. The molecule has 4 aromatic rings. The lowest BCUT2D eigenvalue weighted by Gasteiger charge is -2.01. The predicted octanol–water partition coefficient (Wildman–Crippen LogP) is -0.300. The Bertz CT molecular complexity index is 1240. The number of imidazole rings is 1. The number of hydrogen-bond donors (Lipinski definition) is 2. The van der Waals surface area contributed by atoms with Crippen LogP contribution in [0.4, 0.5) is 0 Å². The Kier molecular flexibility index (Phi) is 3.55. The molecule has 0 spiro atoms. The fourth-order valence-electron chi connectivity index (χ4n) is 2.74. The van der Waals surface area contributed by atoms with Gasteiger partial charge < -0.3 is 10.1 Å². The molecular weight excluding hydrogens is 338 g/mol. The molecule has 2 N–H and O–H groups in total. The molecule has 0 unspecified atom stereocenters. The number of H-pyrrole nitrogens is 1. The third-order valence-electron chi connectivity index (χ3n) is 4.19. The summed E-state index contributed by atoms with van der Waals surface area (Å²) in [5, 5.41) is 17.4. The predicted molar refractivity (Wildman–Crippen MR) is 92.9 cm³/mol. The molecule has 0 bridgehead atoms. The highest BCUT2D eigenvalue weighted by Crippen LogP contribution is 2.17. The van der Waals surface area contributed by atoms with Crippen molar-refractivity contribution in [3.8, 4) is 17.2 Å². The van der Waals surface area contributed by atoms with Crippen LogP contribution in [0.3, 0.4) is 0 Å². The summed E-state index contributed by atoms with van der Waals surface area (Å²) < 4.78 is 3.85. The second-order valence-electron chi connectivity index (χ2n) is 5.87. The van der Waals surface area contributed by atoms with Crippen LogP contribution in [0.1, 0.15) is 5.56 Å². The minimum Gasteiger partial charge on any atom is -0.392 e. The molecule has 132 valence electrons. The van der Waals surface area contributed by atoms with Crippen molar-refractivity contribution in [3.63, 3.8) is 0 Å². The summed E-state index contributed by atoms with van der Waals surface area (Å²) in [6, 6.07) is 7.23. The van der Waals surface area contributed by atoms with Crippen LogP contribution < -0.4 is 11.2 Å². The van der Waals surface area contributed by atoms with E-state index in [9.17, 15) is 14.7 Å². The van der Waals surface area contributed by atoms with Gasteiger partial charge in [0, 0.05) is 14.1 Å². The van der Waals surface area contributed by atoms with Crippen LogP contribution in [0.25, 0.3) is 28.4 Å². The van der Waals surface area contributed by atoms with E-state index in [0.29, 0.717) is 11.5 Å². The molecule has 10 heteroatoms. The summed E-state index contributed by atoms with van der Waals surface area (Å²) in [7, 11) is 2.96. The van der Waals surface area contributed by atoms with E-state index in [0.717, 1.165) is 15.8 Å². The Balaban J connectivity index is 1.83. The summed E-state index contributed by atoms with van der Waals surface area (Å²) in [4.78, 5) is 31.5. The first kappa shape index (κ1) is 16.0. The van der Waals surface area contributed by atoms with Gasteiger partial charge in [-0.15, -0.1) is 5.10 Å². The van der Waals surface area contributed by atoms with Crippen LogP contribution in [-0.4, -0.2) is 39.2 Å². The number of fused-ring (bicyclic) bond motifs is 1. The molecule has 0 saturated heterocycles. The van der Waals surface area contributed by atoms with E-state index in [1.54, 1.807) is 30.1 Å². The molecule has 0 fully saturated rings. The van der Waals surface area contributed by atoms with E-state index in [1.165, 1.54) is 11.6 Å². The molecule has 0 aliphatic carbocycles. The molecule has 0 saturated carbocycles. The number of hydrogen-bond acceptors (Lipinski definition) is 6. The van der Waals surface area contributed by atoms with Crippen molar-refractivity contribution in [3.05, 3.63) is 56.9 Å². The molecule has 3 aromatic heterocycles. The number of aryl methyl sites for hydroxylation is 1. The summed E-state index contributed by atoms with van der Waals surface area (Å²) in [6.45, 7) is -0.0731. The Labute approximate surface area is 146 Å². The van der Waals surface area contributed by atoms with Crippen molar-refractivity contribution in [2.24, 2.45) is 14.1 Å². The van der Waals surface area contributed by atoms with Crippen LogP contribution in [0.5, 0.6) is 0 Å². The van der Waals surface area contributed by atoms with Gasteiger partial charge in [0.15, 0.2) is 11.5 Å². The zero-order valence-corrected chi connectivity index (χ0v) is 14.0. The highest BCUT2D eigenvalue weighted by Gasteiger charge is 2.16. The smallest absolute Gasteiger partial charge is 0.332 e. The van der Waals surface area contributed by atoms with Gasteiger partial charge in [0.2, 0.25) is 0 Å². The van der Waals surface area contributed by atoms with Crippen molar-refractivity contribution >= 4 is 11.2 Å². The third kappa shape index (κ3) is 2.35. The number of nitrogens with zero attached hydrogens (tertiary/aromatic N) is 6. The van der Waals surface area contributed by atoms with Gasteiger partial charge in [-0.25, -0.2) is 14.5 Å². The number of aromatic nitrogens is 7. The van der Waals surface area contributed by atoms with Crippen LogP contribution in [0.2, 0.25) is 0 Å². The lowest BCUT2D eigenvalue weighted by Crippen LogP contribution is -2.36. The maximum Gasteiger partial charge on any atom is 0.332 e. The number of benzene rings is 1. The van der Waals surface area contributed by atoms with Crippen molar-refractivity contribution in [1.29, 1.82) is 0 Å². The summed E-state index contributed by atoms with van der Waals surface area (Å²) in [5.74, 6) is 0.336. The molecular formula is C16H15N7O3. The first-order valence-electron chi connectivity index (χ1n) is 7.78. The molecule has 3 heterocycles. The number of rotatable bonds is 3. The van der Waals surface area contributed by atoms with E-state index >= 15 is 0 Å². The van der Waals surface area contributed by atoms with Gasteiger partial charge in [0.05, 0.1) is 18.5 Å². The minimum absolute atomic E-state index is 0.0731. The maximum absolute atomic E-state index is 12.3. The standard InChI is InChI=1S/C16H15N7O3/c1-21-14-12(15(25)22(2)16(21)26)17-13(18-14)11-7-23(20-19-11)10-5-3-4-9(6-10)8-24/h3-7,24H,8H2,1-2H3,(H,17,18). The zero-order chi connectivity index (χ0) is 18.4. The number of nitrogens with one attached hydrogen (secondary N) is 1. The molecule has 4 rings (SSSR count). The molecule has 10 nitrogen and oxygen atoms in total. The van der Waals surface area contributed by atoms with Gasteiger partial charge in [-0.3, -0.25) is 13.9 Å². The van der Waals surface area contributed by atoms with Gasteiger partial charge in [0.1, 0.15) is 11.2 Å². The quantitative estimate of drug-likeness (QED) is 0.521. The number of aliphatic hydroxyl groups excluding tert-OH is 1. The fraction of sp³-hybridized carbons (Fsp3) is 0.188. The monoisotopic (exact) mass is 353 g/mol. The Hall–Kier alpha value is -3.53. The van der Waals surface area contributed by atoms with Crippen molar-refractivity contribution in [2.75, 3.05) is 0 Å². The highest BCUT2D eigenvalue weighted by atomic mass is 16.3. The normalized spacial score (nSPS) is 11.3. The van der Waals surface area contributed by atoms with Crippen LogP contribution >= 0.6 is 0 Å². The molecule has 0 atom stereocenters. The second-order valence-corrected chi connectivity index (χ2v) is 5.87. The first-order valence-corrected chi connectivity index (χ1v) is 7.78. The van der Waals surface area contributed by atoms with Crippen LogP contribution in [0.15, 0.2) is 40.1 Å². The Morgan fingerprint density at radius 2 is 2.00 bits per heavy atom. The van der Waals surface area contributed by atoms with Gasteiger partial charge in [-0.05, 0) is 17.7 Å². The van der Waals surface area contributed by atoms with E-state index in [1.807, 2.05) is 12.1 Å². The third-order valence-corrected chi connectivity index (χ3v) is 4.19. The van der Waals surface area contributed by atoms with E-state index in [-0.39, 0.29) is 17.8 Å². The lowest BCUT2D eigenvalue weighted by molar-refractivity contribution is 0.282. The van der Waals surface area contributed by atoms with Crippen LogP contribution in [0, 0.1) is 0 Å². The van der Waals surface area contributed by atoms with Crippen molar-refractivity contribution < 1.29 is 5.11 Å². The Morgan fingerprint density at radius 3 is 2.77 bits per heavy atom. The number of aliphatic hydroxyl groups is 1. The molecule has 1 aromatic carbocycles. The lowest BCUT2D eigenvalue weighted by atomic mass is 10.2. The highest BCUT2D eigenvalue weighted by molar-refractivity contribution is 5.74. The fourth-order valence-corrected chi connectivity index (χ4v) is 2.74. The second kappa shape index (κ2) is 5.77. The summed E-state index contributed by atoms with van der Waals surface area (Å²) in [6.07, 6.45) is 1.65. The van der Waals surface area contributed by atoms with Gasteiger partial charge in [-0.1, -0.05) is 17.3 Å². The molecule has 0 amide bonds. The van der Waals surface area contributed by atoms with Crippen molar-refractivity contribution in [1.82, 2.24) is 34.1 Å². The van der Waals surface area contributed by atoms with E-state index in [4.69, 9.17) is 0 Å². The van der Waals surface area contributed by atoms with Gasteiger partial charge >= 0.3 is 5.69 Å². The summed E-state index contributed by atoms with van der Waals surface area (Å²) in [5.41, 5.74) is 1.47. The summed E-state index contributed by atoms with van der Waals surface area (Å²) >= 11 is 0. The van der Waals surface area contributed by atoms with Gasteiger partial charge in [0.25, 0.3) is 5.56 Å². The van der Waals surface area contributed by atoms with Gasteiger partial charge in [-0.2, -0.15) is 0 Å². The largest absolute Gasteiger partial charge is 0.392 e. The zero-order valence-electron chi connectivity index (χ0n) is 14.0. The average Bonchev–Trinajstić information content (AvgIpc) is 3.32. The van der Waals surface area contributed by atoms with Crippen LogP contribution in [-0.2, 0) is 20.7 Å². The van der Waals surface area contributed by atoms with E-state index < -0.39 is 11.2 Å². The topological polar surface area (TPSA) is 124 Å². The average molecular weight is 353 g/mol. The SMILES string of the molecule is Cn1c(=O)c2[nH]c(-c3cn(-c4cccc(CO)c4)nn3)nc2n(C)c1=O.